The SMILES string of the molecule is CCn1cnc2c(Nc3cccc(Cl)c3)nc(C)nc21. The van der Waals surface area contributed by atoms with Crippen molar-refractivity contribution in [2.24, 2.45) is 0 Å². The van der Waals surface area contributed by atoms with Crippen LogP contribution in [0.4, 0.5) is 11.5 Å². The summed E-state index contributed by atoms with van der Waals surface area (Å²) in [6.07, 6.45) is 1.78. The highest BCUT2D eigenvalue weighted by Crippen LogP contribution is 2.24. The van der Waals surface area contributed by atoms with Crippen LogP contribution in [0.2, 0.25) is 5.02 Å². The van der Waals surface area contributed by atoms with E-state index in [0.717, 1.165) is 23.4 Å². The second-order valence-corrected chi connectivity index (χ2v) is 4.89. The summed E-state index contributed by atoms with van der Waals surface area (Å²) in [5.41, 5.74) is 2.48. The Morgan fingerprint density at radius 3 is 2.90 bits per heavy atom. The molecule has 0 unspecified atom stereocenters. The van der Waals surface area contributed by atoms with Crippen molar-refractivity contribution in [3.8, 4) is 0 Å². The number of halogens is 1. The van der Waals surface area contributed by atoms with Gasteiger partial charge in [-0.25, -0.2) is 15.0 Å². The minimum absolute atomic E-state index is 0.677. The van der Waals surface area contributed by atoms with Gasteiger partial charge in [-0.2, -0.15) is 0 Å². The molecule has 2 aromatic heterocycles. The van der Waals surface area contributed by atoms with Crippen LogP contribution in [0.5, 0.6) is 0 Å². The summed E-state index contributed by atoms with van der Waals surface area (Å²) >= 11 is 5.99. The largest absolute Gasteiger partial charge is 0.338 e. The van der Waals surface area contributed by atoms with E-state index in [4.69, 9.17) is 11.6 Å². The molecule has 0 aliphatic rings. The van der Waals surface area contributed by atoms with Gasteiger partial charge in [-0.1, -0.05) is 17.7 Å². The van der Waals surface area contributed by atoms with Crippen molar-refractivity contribution in [2.45, 2.75) is 20.4 Å². The first-order valence-electron chi connectivity index (χ1n) is 6.39. The Hall–Kier alpha value is -2.14. The maximum Gasteiger partial charge on any atom is 0.165 e. The number of aryl methyl sites for hydroxylation is 2. The van der Waals surface area contributed by atoms with Gasteiger partial charge in [0.1, 0.15) is 5.82 Å². The molecule has 0 amide bonds. The van der Waals surface area contributed by atoms with Gasteiger partial charge in [0.15, 0.2) is 17.0 Å². The second-order valence-electron chi connectivity index (χ2n) is 4.46. The zero-order valence-electron chi connectivity index (χ0n) is 11.3. The number of benzene rings is 1. The third-order valence-corrected chi connectivity index (χ3v) is 3.24. The third-order valence-electron chi connectivity index (χ3n) is 3.00. The van der Waals surface area contributed by atoms with Gasteiger partial charge >= 0.3 is 0 Å². The summed E-state index contributed by atoms with van der Waals surface area (Å²) in [5.74, 6) is 1.40. The number of aromatic nitrogens is 4. The Morgan fingerprint density at radius 1 is 1.30 bits per heavy atom. The minimum Gasteiger partial charge on any atom is -0.338 e. The van der Waals surface area contributed by atoms with Gasteiger partial charge in [0.2, 0.25) is 0 Å². The molecule has 1 N–H and O–H groups in total. The maximum absolute atomic E-state index is 5.99. The molecule has 0 aliphatic carbocycles. The molecule has 3 rings (SSSR count). The minimum atomic E-state index is 0.677. The summed E-state index contributed by atoms with van der Waals surface area (Å²) in [7, 11) is 0. The van der Waals surface area contributed by atoms with Gasteiger partial charge in [-0.05, 0) is 32.0 Å². The number of imidazole rings is 1. The van der Waals surface area contributed by atoms with Crippen molar-refractivity contribution in [2.75, 3.05) is 5.32 Å². The normalized spacial score (nSPS) is 10.9. The van der Waals surface area contributed by atoms with E-state index in [2.05, 4.69) is 27.2 Å². The summed E-state index contributed by atoms with van der Waals surface area (Å²) in [5, 5.41) is 3.93. The predicted octanol–water partition coefficient (Wildman–Crippen LogP) is 3.55. The Morgan fingerprint density at radius 2 is 2.15 bits per heavy atom. The molecule has 3 aromatic rings. The van der Waals surface area contributed by atoms with Gasteiger partial charge in [-0.3, -0.25) is 0 Å². The topological polar surface area (TPSA) is 55.6 Å². The van der Waals surface area contributed by atoms with Gasteiger partial charge < -0.3 is 9.88 Å². The quantitative estimate of drug-likeness (QED) is 0.800. The molecule has 2 heterocycles. The molecule has 1 aromatic carbocycles. The number of hydrogen-bond donors (Lipinski definition) is 1. The van der Waals surface area contributed by atoms with E-state index < -0.39 is 0 Å². The number of nitrogens with one attached hydrogen (secondary N) is 1. The lowest BCUT2D eigenvalue weighted by molar-refractivity contribution is 0.775. The monoisotopic (exact) mass is 287 g/mol. The van der Waals surface area contributed by atoms with Crippen LogP contribution >= 0.6 is 11.6 Å². The summed E-state index contributed by atoms with van der Waals surface area (Å²) in [4.78, 5) is 13.3. The Kier molecular flexibility index (Phi) is 3.28. The second kappa shape index (κ2) is 5.09. The van der Waals surface area contributed by atoms with Gasteiger partial charge in [0.05, 0.1) is 6.33 Å². The lowest BCUT2D eigenvalue weighted by atomic mass is 10.3. The van der Waals surface area contributed by atoms with Crippen molar-refractivity contribution in [1.82, 2.24) is 19.5 Å². The molecule has 0 aliphatic heterocycles. The molecule has 0 saturated carbocycles. The highest BCUT2D eigenvalue weighted by atomic mass is 35.5. The molecular weight excluding hydrogens is 274 g/mol. The first kappa shape index (κ1) is 12.9. The predicted molar refractivity (Wildman–Crippen MR) is 80.5 cm³/mol. The van der Waals surface area contributed by atoms with E-state index in [0.29, 0.717) is 16.7 Å². The van der Waals surface area contributed by atoms with Crippen molar-refractivity contribution >= 4 is 34.3 Å². The number of fused-ring (bicyclic) bond motifs is 1. The van der Waals surface area contributed by atoms with Gasteiger partial charge in [0, 0.05) is 17.3 Å². The number of hydrogen-bond acceptors (Lipinski definition) is 4. The fourth-order valence-electron chi connectivity index (χ4n) is 2.07. The molecule has 5 nitrogen and oxygen atoms in total. The van der Waals surface area contributed by atoms with Crippen molar-refractivity contribution in [3.05, 3.63) is 41.4 Å². The Bertz CT molecular complexity index is 765. The standard InChI is InChI=1S/C14H14ClN5/c1-3-20-8-16-12-13(17-9(2)18-14(12)20)19-11-6-4-5-10(15)7-11/h4-8H,3H2,1-2H3,(H,17,18,19). The Labute approximate surface area is 121 Å². The van der Waals surface area contributed by atoms with Crippen molar-refractivity contribution < 1.29 is 0 Å². The van der Waals surface area contributed by atoms with E-state index in [1.54, 1.807) is 6.33 Å². The summed E-state index contributed by atoms with van der Waals surface area (Å²) in [6, 6.07) is 7.51. The highest BCUT2D eigenvalue weighted by molar-refractivity contribution is 6.30. The average molecular weight is 288 g/mol. The first-order chi connectivity index (χ1) is 9.67. The fourth-order valence-corrected chi connectivity index (χ4v) is 2.26. The van der Waals surface area contributed by atoms with Crippen LogP contribution in [0.3, 0.4) is 0 Å². The van der Waals surface area contributed by atoms with Gasteiger partial charge in [-0.15, -0.1) is 0 Å². The first-order valence-corrected chi connectivity index (χ1v) is 6.77. The van der Waals surface area contributed by atoms with E-state index in [9.17, 15) is 0 Å². The number of anilines is 2. The summed E-state index contributed by atoms with van der Waals surface area (Å²) in [6.45, 7) is 4.75. The zero-order chi connectivity index (χ0) is 14.1. The van der Waals surface area contributed by atoms with Crippen LogP contribution in [0.25, 0.3) is 11.2 Å². The van der Waals surface area contributed by atoms with Gasteiger partial charge in [0.25, 0.3) is 0 Å². The molecule has 20 heavy (non-hydrogen) atoms. The number of nitrogens with zero attached hydrogens (tertiary/aromatic N) is 4. The lowest BCUT2D eigenvalue weighted by Crippen LogP contribution is -2.01. The van der Waals surface area contributed by atoms with Crippen LogP contribution in [-0.2, 0) is 6.54 Å². The van der Waals surface area contributed by atoms with Crippen molar-refractivity contribution in [1.29, 1.82) is 0 Å². The zero-order valence-corrected chi connectivity index (χ0v) is 12.0. The average Bonchev–Trinajstić information content (AvgIpc) is 2.81. The molecular formula is C14H14ClN5. The molecule has 0 fully saturated rings. The maximum atomic E-state index is 5.99. The van der Waals surface area contributed by atoms with Crippen LogP contribution in [0.1, 0.15) is 12.7 Å². The molecule has 0 saturated heterocycles. The fraction of sp³-hybridized carbons (Fsp3) is 0.214. The Balaban J connectivity index is 2.09. The lowest BCUT2D eigenvalue weighted by Gasteiger charge is -2.08. The van der Waals surface area contributed by atoms with E-state index in [1.165, 1.54) is 0 Å². The van der Waals surface area contributed by atoms with Crippen LogP contribution < -0.4 is 5.32 Å². The molecule has 6 heteroatoms. The summed E-state index contributed by atoms with van der Waals surface area (Å²) < 4.78 is 1.99. The third kappa shape index (κ3) is 2.32. The highest BCUT2D eigenvalue weighted by Gasteiger charge is 2.11. The number of rotatable bonds is 3. The van der Waals surface area contributed by atoms with Crippen molar-refractivity contribution in [3.63, 3.8) is 0 Å². The smallest absolute Gasteiger partial charge is 0.165 e. The molecule has 0 spiro atoms. The molecule has 102 valence electrons. The van der Waals surface area contributed by atoms with Crippen LogP contribution in [0, 0.1) is 6.92 Å². The van der Waals surface area contributed by atoms with Crippen LogP contribution in [-0.4, -0.2) is 19.5 Å². The molecule has 0 atom stereocenters. The molecule has 0 radical (unpaired) electrons. The van der Waals surface area contributed by atoms with Crippen LogP contribution in [0.15, 0.2) is 30.6 Å². The van der Waals surface area contributed by atoms with E-state index >= 15 is 0 Å². The van der Waals surface area contributed by atoms with E-state index in [-0.39, 0.29) is 0 Å². The molecule has 0 bridgehead atoms. The van der Waals surface area contributed by atoms with E-state index in [1.807, 2.05) is 35.8 Å².